The zero-order valence-electron chi connectivity index (χ0n) is 22.0. The average Bonchev–Trinajstić information content (AvgIpc) is 3.54. The Morgan fingerprint density at radius 3 is 1.17 bits per heavy atom. The summed E-state index contributed by atoms with van der Waals surface area (Å²) < 4.78 is 32.6. The van der Waals surface area contributed by atoms with Gasteiger partial charge in [0, 0.05) is 32.9 Å². The number of hydrogen-bond donors (Lipinski definition) is 0. The van der Waals surface area contributed by atoms with E-state index in [1.54, 1.807) is 12.1 Å². The highest BCUT2D eigenvalue weighted by molar-refractivity contribution is 7.91. The molecule has 0 aliphatic rings. The van der Waals surface area contributed by atoms with Gasteiger partial charge in [-0.25, -0.2) is 8.42 Å². The zero-order valence-corrected chi connectivity index (χ0v) is 22.8. The molecular weight excluding hydrogens is 524 g/mol. The fourth-order valence-electron chi connectivity index (χ4n) is 6.08. The van der Waals surface area contributed by atoms with Gasteiger partial charge >= 0.3 is 0 Å². The van der Waals surface area contributed by atoms with Crippen molar-refractivity contribution in [2.75, 3.05) is 0 Å². The van der Waals surface area contributed by atoms with Gasteiger partial charge in [0.25, 0.3) is 0 Å². The maximum Gasteiger partial charge on any atom is 0.206 e. The van der Waals surface area contributed by atoms with E-state index in [9.17, 15) is 8.42 Å². The van der Waals surface area contributed by atoms with Crippen LogP contribution < -0.4 is 0 Å². The summed E-state index contributed by atoms with van der Waals surface area (Å²) in [7, 11) is -3.79. The van der Waals surface area contributed by atoms with Crippen molar-refractivity contribution in [3.05, 3.63) is 146 Å². The molecule has 0 amide bonds. The highest BCUT2D eigenvalue weighted by Crippen LogP contribution is 2.37. The number of benzene rings is 6. The molecule has 8 aromatic rings. The number of fused-ring (bicyclic) bond motifs is 6. The molecule has 0 radical (unpaired) electrons. The lowest BCUT2D eigenvalue weighted by atomic mass is 10.1. The minimum absolute atomic E-state index is 0.284. The molecule has 0 N–H and O–H groups in total. The summed E-state index contributed by atoms with van der Waals surface area (Å²) in [5.41, 5.74) is 6.09. The third-order valence-electron chi connectivity index (χ3n) is 7.94. The van der Waals surface area contributed by atoms with Gasteiger partial charge in [0.1, 0.15) is 0 Å². The van der Waals surface area contributed by atoms with Crippen molar-refractivity contribution in [2.24, 2.45) is 0 Å². The van der Waals surface area contributed by atoms with Crippen LogP contribution in [0.1, 0.15) is 0 Å². The van der Waals surface area contributed by atoms with Crippen molar-refractivity contribution in [3.63, 3.8) is 0 Å². The smallest absolute Gasteiger partial charge is 0.206 e. The van der Waals surface area contributed by atoms with E-state index in [1.807, 2.05) is 84.9 Å². The number of hydrogen-bond acceptors (Lipinski definition) is 2. The van der Waals surface area contributed by atoms with E-state index in [4.69, 9.17) is 0 Å². The van der Waals surface area contributed by atoms with Gasteiger partial charge in [-0.2, -0.15) is 0 Å². The molecule has 2 heterocycles. The van der Waals surface area contributed by atoms with E-state index in [0.29, 0.717) is 0 Å². The molecule has 0 saturated carbocycles. The first-order chi connectivity index (χ1) is 20.1. The molecule has 196 valence electrons. The van der Waals surface area contributed by atoms with Gasteiger partial charge in [-0.05, 0) is 72.8 Å². The first-order valence-corrected chi connectivity index (χ1v) is 15.0. The van der Waals surface area contributed by atoms with Gasteiger partial charge in [-0.15, -0.1) is 0 Å². The number of para-hydroxylation sites is 4. The molecular formula is C36H24N2O2S. The fourth-order valence-corrected chi connectivity index (χ4v) is 7.40. The second-order valence-corrected chi connectivity index (χ2v) is 12.2. The van der Waals surface area contributed by atoms with Crippen molar-refractivity contribution in [1.82, 2.24) is 9.13 Å². The molecule has 8 rings (SSSR count). The maximum absolute atomic E-state index is 14.1. The van der Waals surface area contributed by atoms with Gasteiger partial charge in [0.15, 0.2) is 0 Å². The Morgan fingerprint density at radius 2 is 0.732 bits per heavy atom. The summed E-state index contributed by atoms with van der Waals surface area (Å²) in [6, 6.07) is 47.5. The summed E-state index contributed by atoms with van der Waals surface area (Å²) in [4.78, 5) is 0.569. The van der Waals surface area contributed by atoms with Gasteiger partial charge in [-0.1, -0.05) is 72.8 Å². The molecule has 0 spiro atoms. The highest BCUT2D eigenvalue weighted by Gasteiger charge is 2.22. The number of aromatic nitrogens is 2. The number of sulfone groups is 1. The van der Waals surface area contributed by atoms with Crippen LogP contribution in [0.3, 0.4) is 0 Å². The Balaban J connectivity index is 1.33. The van der Waals surface area contributed by atoms with Crippen LogP contribution in [0.15, 0.2) is 155 Å². The first-order valence-electron chi connectivity index (χ1n) is 13.5. The van der Waals surface area contributed by atoms with Crippen molar-refractivity contribution in [3.8, 4) is 11.4 Å². The molecule has 0 aliphatic carbocycles. The van der Waals surface area contributed by atoms with E-state index in [-0.39, 0.29) is 9.79 Å². The van der Waals surface area contributed by atoms with E-state index in [0.717, 1.165) is 55.0 Å². The molecule has 4 nitrogen and oxygen atoms in total. The summed E-state index contributed by atoms with van der Waals surface area (Å²) in [5, 5.41) is 3.86. The third kappa shape index (κ3) is 3.56. The Morgan fingerprint density at radius 1 is 0.366 bits per heavy atom. The third-order valence-corrected chi connectivity index (χ3v) is 9.69. The fraction of sp³-hybridized carbons (Fsp3) is 0. The molecule has 41 heavy (non-hydrogen) atoms. The summed E-state index contributed by atoms with van der Waals surface area (Å²) in [6.07, 6.45) is 0. The lowest BCUT2D eigenvalue weighted by Crippen LogP contribution is -2.02. The maximum atomic E-state index is 14.1. The number of rotatable bonds is 4. The van der Waals surface area contributed by atoms with Crippen LogP contribution in [0.25, 0.3) is 55.0 Å². The monoisotopic (exact) mass is 548 g/mol. The zero-order chi connectivity index (χ0) is 27.6. The second-order valence-electron chi connectivity index (χ2n) is 10.2. The second kappa shape index (κ2) is 8.95. The largest absolute Gasteiger partial charge is 0.309 e. The van der Waals surface area contributed by atoms with Crippen LogP contribution in [0.5, 0.6) is 0 Å². The lowest BCUT2D eigenvalue weighted by Gasteiger charge is -2.09. The molecule has 0 saturated heterocycles. The van der Waals surface area contributed by atoms with Crippen molar-refractivity contribution in [1.29, 1.82) is 0 Å². The minimum Gasteiger partial charge on any atom is -0.309 e. The molecule has 0 atom stereocenters. The Labute approximate surface area is 237 Å². The quantitative estimate of drug-likeness (QED) is 0.221. The van der Waals surface area contributed by atoms with Gasteiger partial charge < -0.3 is 9.13 Å². The molecule has 0 unspecified atom stereocenters. The van der Waals surface area contributed by atoms with Crippen molar-refractivity contribution >= 4 is 53.4 Å². The van der Waals surface area contributed by atoms with E-state index >= 15 is 0 Å². The summed E-state index contributed by atoms with van der Waals surface area (Å²) >= 11 is 0. The topological polar surface area (TPSA) is 44.0 Å². The number of nitrogens with zero attached hydrogens (tertiary/aromatic N) is 2. The highest BCUT2D eigenvalue weighted by atomic mass is 32.2. The molecule has 2 aromatic heterocycles. The SMILES string of the molecule is O=S(=O)(c1ccc2c(c1)c1ccccc1n2-c1ccccc1)c1ccc2c(c1)c1ccccc1n2-c1ccccc1. The van der Waals surface area contributed by atoms with E-state index in [2.05, 4.69) is 57.7 Å². The van der Waals surface area contributed by atoms with Crippen LogP contribution in [0, 0.1) is 0 Å². The van der Waals surface area contributed by atoms with Crippen LogP contribution in [-0.4, -0.2) is 17.6 Å². The standard InChI is InChI=1S/C36H24N2O2S/c39-41(40,27-19-21-35-31(23-27)29-15-7-9-17-33(29)37(35)25-11-3-1-4-12-25)28-20-22-36-32(24-28)30-16-8-10-18-34(30)38(36)26-13-5-2-6-14-26/h1-24H. The molecule has 0 aliphatic heterocycles. The van der Waals surface area contributed by atoms with Crippen LogP contribution in [0.4, 0.5) is 0 Å². The average molecular weight is 549 g/mol. The lowest BCUT2D eigenvalue weighted by molar-refractivity contribution is 0.596. The van der Waals surface area contributed by atoms with Crippen molar-refractivity contribution < 1.29 is 8.42 Å². The summed E-state index contributed by atoms with van der Waals surface area (Å²) in [6.45, 7) is 0. The molecule has 6 aromatic carbocycles. The van der Waals surface area contributed by atoms with E-state index < -0.39 is 9.84 Å². The van der Waals surface area contributed by atoms with Gasteiger partial charge in [-0.3, -0.25) is 0 Å². The Bertz CT molecular complexity index is 2210. The Kier molecular flexibility index (Phi) is 5.18. The summed E-state index contributed by atoms with van der Waals surface area (Å²) in [5.74, 6) is 0. The van der Waals surface area contributed by atoms with Gasteiger partial charge in [0.2, 0.25) is 9.84 Å². The molecule has 5 heteroatoms. The Hall–Kier alpha value is -5.13. The molecule has 0 bridgehead atoms. The van der Waals surface area contributed by atoms with Crippen LogP contribution in [-0.2, 0) is 9.84 Å². The van der Waals surface area contributed by atoms with Gasteiger partial charge in [0.05, 0.1) is 31.9 Å². The van der Waals surface area contributed by atoms with Crippen LogP contribution in [0.2, 0.25) is 0 Å². The normalized spacial score (nSPS) is 12.1. The predicted octanol–water partition coefficient (Wildman–Crippen LogP) is 8.71. The minimum atomic E-state index is -3.79. The predicted molar refractivity (Wildman–Crippen MR) is 167 cm³/mol. The molecule has 0 fully saturated rings. The van der Waals surface area contributed by atoms with Crippen LogP contribution >= 0.6 is 0 Å². The van der Waals surface area contributed by atoms with Crippen molar-refractivity contribution in [2.45, 2.75) is 9.79 Å². The van der Waals surface area contributed by atoms with E-state index in [1.165, 1.54) is 0 Å². The first kappa shape index (κ1) is 23.7.